The van der Waals surface area contributed by atoms with Gasteiger partial charge in [0.25, 0.3) is 0 Å². The summed E-state index contributed by atoms with van der Waals surface area (Å²) in [6.07, 6.45) is 0.310. The monoisotopic (exact) mass is 146 g/mol. The van der Waals surface area contributed by atoms with Crippen LogP contribution >= 0.6 is 0 Å². The lowest BCUT2D eigenvalue weighted by molar-refractivity contribution is -0.115. The fourth-order valence-electron chi connectivity index (χ4n) is 0.808. The van der Waals surface area contributed by atoms with Gasteiger partial charge in [0.1, 0.15) is 0 Å². The van der Waals surface area contributed by atoms with Crippen LogP contribution in [-0.4, -0.2) is 13.2 Å². The Balaban J connectivity index is 2.45. The molecule has 1 aromatic carbocycles. The molecule has 1 rings (SSSR count). The van der Waals surface area contributed by atoms with Crippen LogP contribution in [0.1, 0.15) is 0 Å². The maximum Gasteiger partial charge on any atom is 0.209 e. The zero-order valence-corrected chi connectivity index (χ0v) is 6.16. The normalized spacial score (nSPS) is 9.09. The zero-order valence-electron chi connectivity index (χ0n) is 6.16. The molecule has 0 bridgehead atoms. The summed E-state index contributed by atoms with van der Waals surface area (Å²) in [7, 11) is 1.81. The minimum atomic E-state index is -0.297. The highest BCUT2D eigenvalue weighted by Crippen LogP contribution is 1.83. The molecule has 0 saturated carbocycles. The van der Waals surface area contributed by atoms with Gasteiger partial charge in [-0.25, -0.2) is 0 Å². The maximum atomic E-state index is 10.4. The van der Waals surface area contributed by atoms with Crippen LogP contribution in [0, 0.1) is 0 Å². The van der Waals surface area contributed by atoms with E-state index in [-0.39, 0.29) is 5.91 Å². The van der Waals surface area contributed by atoms with Crippen LogP contribution in [0.25, 0.3) is 0 Å². The summed E-state index contributed by atoms with van der Waals surface area (Å²) in [4.78, 5) is 10.4. The predicted octanol–water partition coefficient (Wildman–Crippen LogP) is -0.0803. The first kappa shape index (κ1) is 7.86. The Kier molecular flexibility index (Phi) is 2.72. The average molecular weight is 146 g/mol. The van der Waals surface area contributed by atoms with Crippen molar-refractivity contribution in [3.63, 3.8) is 0 Å². The topological polar surface area (TPSA) is 43.1 Å². The molecule has 0 unspecified atom stereocenters. The van der Waals surface area contributed by atoms with Crippen molar-refractivity contribution in [3.8, 4) is 0 Å². The molecule has 0 saturated heterocycles. The lowest BCUT2D eigenvalue weighted by atomic mass is 9.67. The van der Waals surface area contributed by atoms with Gasteiger partial charge in [0, 0.05) is 6.32 Å². The molecule has 0 spiro atoms. The summed E-state index contributed by atoms with van der Waals surface area (Å²) in [6, 6.07) is 9.65. The molecule has 0 aliphatic heterocycles. The van der Waals surface area contributed by atoms with E-state index in [0.29, 0.717) is 6.32 Å². The molecule has 55 valence electrons. The molecule has 2 nitrogen and oxygen atoms in total. The van der Waals surface area contributed by atoms with E-state index < -0.39 is 0 Å². The third-order valence-corrected chi connectivity index (χ3v) is 1.34. The molecule has 0 fully saturated rings. The van der Waals surface area contributed by atoms with Gasteiger partial charge in [-0.2, -0.15) is 0 Å². The number of hydrogen-bond donors (Lipinski definition) is 1. The fraction of sp³-hybridized carbons (Fsp3) is 0.125. The minimum Gasteiger partial charge on any atom is -0.370 e. The molecule has 0 aromatic heterocycles. The number of nitrogens with two attached hydrogens (primary N) is 1. The molecule has 0 aliphatic carbocycles. The van der Waals surface area contributed by atoms with Crippen molar-refractivity contribution in [1.29, 1.82) is 0 Å². The number of carbonyl (C=O) groups excluding carboxylic acids is 1. The molecule has 11 heavy (non-hydrogen) atoms. The van der Waals surface area contributed by atoms with E-state index in [2.05, 4.69) is 0 Å². The SMILES string of the molecule is NC(=O)C[B]c1ccccc1. The Labute approximate surface area is 66.6 Å². The second-order valence-corrected chi connectivity index (χ2v) is 2.29. The highest BCUT2D eigenvalue weighted by Gasteiger charge is 1.97. The Hall–Kier alpha value is -1.25. The van der Waals surface area contributed by atoms with Gasteiger partial charge in [-0.1, -0.05) is 35.8 Å². The average Bonchev–Trinajstić information content (AvgIpc) is 2.03. The summed E-state index contributed by atoms with van der Waals surface area (Å²) in [5.74, 6) is -0.297. The quantitative estimate of drug-likeness (QED) is 0.595. The summed E-state index contributed by atoms with van der Waals surface area (Å²) in [6.45, 7) is 0. The highest BCUT2D eigenvalue weighted by molar-refractivity contribution is 6.56. The van der Waals surface area contributed by atoms with Gasteiger partial charge in [-0.3, -0.25) is 4.79 Å². The number of rotatable bonds is 3. The first-order valence-corrected chi connectivity index (χ1v) is 3.45. The van der Waals surface area contributed by atoms with Gasteiger partial charge in [0.2, 0.25) is 5.91 Å². The predicted molar refractivity (Wildman–Crippen MR) is 45.8 cm³/mol. The Morgan fingerprint density at radius 2 is 2.00 bits per heavy atom. The van der Waals surface area contributed by atoms with Gasteiger partial charge in [0.15, 0.2) is 7.28 Å². The molecular weight excluding hydrogens is 137 g/mol. The van der Waals surface area contributed by atoms with E-state index in [4.69, 9.17) is 5.73 Å². The van der Waals surface area contributed by atoms with Crippen LogP contribution < -0.4 is 11.2 Å². The van der Waals surface area contributed by atoms with Crippen molar-refractivity contribution in [2.45, 2.75) is 6.32 Å². The van der Waals surface area contributed by atoms with Crippen LogP contribution in [0.5, 0.6) is 0 Å². The lowest BCUT2D eigenvalue weighted by Gasteiger charge is -1.94. The summed E-state index contributed by atoms with van der Waals surface area (Å²) < 4.78 is 0. The van der Waals surface area contributed by atoms with Crippen molar-refractivity contribution in [2.75, 3.05) is 0 Å². The Morgan fingerprint density at radius 1 is 1.36 bits per heavy atom. The first-order chi connectivity index (χ1) is 5.29. The van der Waals surface area contributed by atoms with Gasteiger partial charge in [-0.15, -0.1) is 0 Å². The van der Waals surface area contributed by atoms with Crippen molar-refractivity contribution < 1.29 is 4.79 Å². The van der Waals surface area contributed by atoms with E-state index in [0.717, 1.165) is 5.46 Å². The van der Waals surface area contributed by atoms with Crippen LogP contribution in [0.3, 0.4) is 0 Å². The van der Waals surface area contributed by atoms with Crippen LogP contribution in [0.4, 0.5) is 0 Å². The van der Waals surface area contributed by atoms with Gasteiger partial charge in [-0.05, 0) is 0 Å². The van der Waals surface area contributed by atoms with Crippen LogP contribution in [-0.2, 0) is 4.79 Å². The molecule has 0 heterocycles. The second-order valence-electron chi connectivity index (χ2n) is 2.29. The lowest BCUT2D eigenvalue weighted by Crippen LogP contribution is -2.20. The van der Waals surface area contributed by atoms with Gasteiger partial charge < -0.3 is 5.73 Å². The summed E-state index contributed by atoms with van der Waals surface area (Å²) in [5.41, 5.74) is 6.00. The largest absolute Gasteiger partial charge is 0.370 e. The van der Waals surface area contributed by atoms with Gasteiger partial charge in [0.05, 0.1) is 0 Å². The van der Waals surface area contributed by atoms with Crippen LogP contribution in [0.15, 0.2) is 30.3 Å². The maximum absolute atomic E-state index is 10.4. The molecule has 0 aliphatic rings. The molecule has 1 radical (unpaired) electrons. The molecular formula is C8H9BNO. The molecule has 1 aromatic rings. The molecule has 2 N–H and O–H groups in total. The van der Waals surface area contributed by atoms with E-state index in [9.17, 15) is 4.79 Å². The van der Waals surface area contributed by atoms with Crippen molar-refractivity contribution >= 4 is 18.6 Å². The van der Waals surface area contributed by atoms with Crippen LogP contribution in [0.2, 0.25) is 6.32 Å². The smallest absolute Gasteiger partial charge is 0.209 e. The van der Waals surface area contributed by atoms with Crippen molar-refractivity contribution in [1.82, 2.24) is 0 Å². The number of primary amides is 1. The minimum absolute atomic E-state index is 0.297. The molecule has 0 atom stereocenters. The number of benzene rings is 1. The third kappa shape index (κ3) is 2.89. The van der Waals surface area contributed by atoms with E-state index in [1.54, 1.807) is 0 Å². The number of hydrogen-bond acceptors (Lipinski definition) is 1. The molecule has 3 heteroatoms. The zero-order chi connectivity index (χ0) is 8.10. The Morgan fingerprint density at radius 3 is 2.55 bits per heavy atom. The van der Waals surface area contributed by atoms with E-state index in [1.807, 2.05) is 37.6 Å². The second kappa shape index (κ2) is 3.81. The number of carbonyl (C=O) groups is 1. The number of amides is 1. The van der Waals surface area contributed by atoms with Crippen molar-refractivity contribution in [2.24, 2.45) is 5.73 Å². The first-order valence-electron chi connectivity index (χ1n) is 3.45. The fourth-order valence-corrected chi connectivity index (χ4v) is 0.808. The van der Waals surface area contributed by atoms with E-state index >= 15 is 0 Å². The van der Waals surface area contributed by atoms with Crippen molar-refractivity contribution in [3.05, 3.63) is 30.3 Å². The Bertz CT molecular complexity index is 235. The van der Waals surface area contributed by atoms with E-state index in [1.165, 1.54) is 0 Å². The van der Waals surface area contributed by atoms with Gasteiger partial charge >= 0.3 is 0 Å². The highest BCUT2D eigenvalue weighted by atomic mass is 16.1. The summed E-state index contributed by atoms with van der Waals surface area (Å²) >= 11 is 0. The molecule has 1 amide bonds. The standard InChI is InChI=1S/C8H9BNO/c10-8(11)6-9-7-4-2-1-3-5-7/h1-5H,6H2,(H2,10,11). The summed E-state index contributed by atoms with van der Waals surface area (Å²) in [5, 5.41) is 0. The third-order valence-electron chi connectivity index (χ3n) is 1.34.